The summed E-state index contributed by atoms with van der Waals surface area (Å²) in [5, 5.41) is 0.843. The Morgan fingerprint density at radius 1 is 0.909 bits per heavy atom. The first-order chi connectivity index (χ1) is 10.4. The highest BCUT2D eigenvalue weighted by molar-refractivity contribution is 7.33. The van der Waals surface area contributed by atoms with Gasteiger partial charge < -0.3 is 20.5 Å². The fourth-order valence-electron chi connectivity index (χ4n) is 1.60. The van der Waals surface area contributed by atoms with Crippen molar-refractivity contribution in [3.05, 3.63) is 45.7 Å². The molecule has 2 aromatic rings. The van der Waals surface area contributed by atoms with E-state index in [1.807, 2.05) is 0 Å². The number of anilines is 2. The zero-order valence-electron chi connectivity index (χ0n) is 11.3. The molecule has 118 valence electrons. The van der Waals surface area contributed by atoms with Crippen molar-refractivity contribution in [2.45, 2.75) is 13.2 Å². The minimum Gasteiger partial charge on any atom is -0.384 e. The van der Waals surface area contributed by atoms with Crippen LogP contribution in [0.25, 0.3) is 0 Å². The van der Waals surface area contributed by atoms with Gasteiger partial charge in [-0.05, 0) is 24.3 Å². The van der Waals surface area contributed by atoms with E-state index in [4.69, 9.17) is 43.7 Å². The summed E-state index contributed by atoms with van der Waals surface area (Å²) in [4.78, 5) is 7.98. The van der Waals surface area contributed by atoms with E-state index in [0.717, 1.165) is 0 Å². The molecule has 0 unspecified atom stereocenters. The predicted octanol–water partition coefficient (Wildman–Crippen LogP) is 3.07. The lowest BCUT2D eigenvalue weighted by molar-refractivity contribution is 0.209. The van der Waals surface area contributed by atoms with Gasteiger partial charge in [0.15, 0.2) is 0 Å². The van der Waals surface area contributed by atoms with Crippen LogP contribution in [0.4, 0.5) is 11.6 Å². The number of hydrogen-bond acceptors (Lipinski definition) is 7. The summed E-state index contributed by atoms with van der Waals surface area (Å²) >= 11 is 11.7. The van der Waals surface area contributed by atoms with Crippen molar-refractivity contribution >= 4 is 43.1 Å². The molecule has 0 fully saturated rings. The third kappa shape index (κ3) is 5.44. The molecule has 10 heteroatoms. The minimum absolute atomic E-state index is 0.0341. The van der Waals surface area contributed by atoms with Crippen molar-refractivity contribution in [3.8, 4) is 0 Å². The van der Waals surface area contributed by atoms with Gasteiger partial charge in [-0.1, -0.05) is 23.2 Å². The maximum absolute atomic E-state index is 11.7. The SMILES string of the molecule is Nc1cc(Cl)cc(CO[PH](=O)OCc2cc(Cl)cc(N)n2)n1. The number of rotatable bonds is 6. The molecule has 0 bridgehead atoms. The van der Waals surface area contributed by atoms with Crippen molar-refractivity contribution in [1.29, 1.82) is 0 Å². The Balaban J connectivity index is 1.85. The van der Waals surface area contributed by atoms with E-state index in [2.05, 4.69) is 9.97 Å². The Labute approximate surface area is 137 Å². The van der Waals surface area contributed by atoms with Gasteiger partial charge in [0.05, 0.1) is 24.6 Å². The maximum Gasteiger partial charge on any atom is 0.319 e. The molecule has 0 aliphatic heterocycles. The predicted molar refractivity (Wildman–Crippen MR) is 85.9 cm³/mol. The third-order valence-electron chi connectivity index (χ3n) is 2.40. The zero-order valence-corrected chi connectivity index (χ0v) is 13.8. The van der Waals surface area contributed by atoms with Crippen molar-refractivity contribution < 1.29 is 13.6 Å². The van der Waals surface area contributed by atoms with Crippen LogP contribution in [-0.2, 0) is 26.8 Å². The van der Waals surface area contributed by atoms with E-state index < -0.39 is 8.25 Å². The fraction of sp³-hybridized carbons (Fsp3) is 0.167. The molecule has 0 amide bonds. The topological polar surface area (TPSA) is 113 Å². The second-order valence-corrected chi connectivity index (χ2v) is 6.18. The van der Waals surface area contributed by atoms with Crippen molar-refractivity contribution in [1.82, 2.24) is 9.97 Å². The largest absolute Gasteiger partial charge is 0.384 e. The molecule has 22 heavy (non-hydrogen) atoms. The van der Waals surface area contributed by atoms with Gasteiger partial charge in [-0.25, -0.2) is 9.97 Å². The quantitative estimate of drug-likeness (QED) is 0.758. The highest BCUT2D eigenvalue weighted by atomic mass is 35.5. The summed E-state index contributed by atoms with van der Waals surface area (Å²) < 4.78 is 21.8. The van der Waals surface area contributed by atoms with Gasteiger partial charge in [0.1, 0.15) is 11.6 Å². The van der Waals surface area contributed by atoms with Gasteiger partial charge in [-0.3, -0.25) is 4.57 Å². The molecule has 0 aromatic carbocycles. The number of pyridine rings is 2. The number of hydrogen-bond donors (Lipinski definition) is 2. The van der Waals surface area contributed by atoms with Crippen LogP contribution < -0.4 is 11.5 Å². The molecule has 0 saturated heterocycles. The van der Waals surface area contributed by atoms with E-state index in [9.17, 15) is 4.57 Å². The van der Waals surface area contributed by atoms with E-state index >= 15 is 0 Å². The molecule has 7 nitrogen and oxygen atoms in total. The van der Waals surface area contributed by atoms with Crippen LogP contribution in [-0.4, -0.2) is 9.97 Å². The van der Waals surface area contributed by atoms with E-state index in [1.165, 1.54) is 12.1 Å². The summed E-state index contributed by atoms with van der Waals surface area (Å²) in [5.41, 5.74) is 12.0. The molecule has 4 N–H and O–H groups in total. The molecule has 0 saturated carbocycles. The zero-order chi connectivity index (χ0) is 16.1. The van der Waals surface area contributed by atoms with Gasteiger partial charge in [0.25, 0.3) is 0 Å². The monoisotopic (exact) mass is 362 g/mol. The molecule has 2 aromatic heterocycles. The molecule has 0 radical (unpaired) electrons. The van der Waals surface area contributed by atoms with Gasteiger partial charge in [0.2, 0.25) is 0 Å². The van der Waals surface area contributed by atoms with Crippen LogP contribution in [0.15, 0.2) is 24.3 Å². The fourth-order valence-corrected chi connectivity index (χ4v) is 2.69. The summed E-state index contributed by atoms with van der Waals surface area (Å²) in [7, 11) is -2.73. The Morgan fingerprint density at radius 3 is 1.68 bits per heavy atom. The average Bonchev–Trinajstić information content (AvgIpc) is 2.41. The third-order valence-corrected chi connectivity index (χ3v) is 3.60. The Morgan fingerprint density at radius 2 is 1.32 bits per heavy atom. The van der Waals surface area contributed by atoms with Crippen molar-refractivity contribution in [3.63, 3.8) is 0 Å². The van der Waals surface area contributed by atoms with Crippen molar-refractivity contribution in [2.24, 2.45) is 0 Å². The van der Waals surface area contributed by atoms with E-state index in [0.29, 0.717) is 21.4 Å². The number of nitrogens with two attached hydrogens (primary N) is 2. The van der Waals surface area contributed by atoms with Crippen LogP contribution in [0.3, 0.4) is 0 Å². The van der Waals surface area contributed by atoms with Crippen LogP contribution >= 0.6 is 31.5 Å². The van der Waals surface area contributed by atoms with Crippen LogP contribution in [0.2, 0.25) is 10.0 Å². The molecule has 0 atom stereocenters. The normalized spacial score (nSPS) is 11.0. The summed E-state index contributed by atoms with van der Waals surface area (Å²) in [6.45, 7) is -0.0681. The molecule has 2 heterocycles. The minimum atomic E-state index is -2.73. The van der Waals surface area contributed by atoms with Gasteiger partial charge in [-0.15, -0.1) is 0 Å². The van der Waals surface area contributed by atoms with Crippen LogP contribution in [0.5, 0.6) is 0 Å². The number of nitrogen functional groups attached to an aromatic ring is 2. The highest BCUT2D eigenvalue weighted by Gasteiger charge is 2.06. The highest BCUT2D eigenvalue weighted by Crippen LogP contribution is 2.28. The maximum atomic E-state index is 11.7. The molecular weight excluding hydrogens is 350 g/mol. The first-order valence-electron chi connectivity index (χ1n) is 6.06. The molecule has 2 rings (SSSR count). The number of nitrogens with zero attached hydrogens (tertiary/aromatic N) is 2. The summed E-state index contributed by atoms with van der Waals surface area (Å²) in [6.07, 6.45) is 0. The van der Waals surface area contributed by atoms with E-state index in [-0.39, 0.29) is 24.8 Å². The lowest BCUT2D eigenvalue weighted by Crippen LogP contribution is -1.98. The Kier molecular flexibility index (Phi) is 5.99. The molecular formula is C12H13Cl2N4O3P. The smallest absolute Gasteiger partial charge is 0.319 e. The Hall–Kier alpha value is -1.37. The van der Waals surface area contributed by atoms with Gasteiger partial charge >= 0.3 is 8.25 Å². The second kappa shape index (κ2) is 7.76. The summed E-state index contributed by atoms with van der Waals surface area (Å²) in [5.74, 6) is 0.510. The molecule has 0 aliphatic carbocycles. The number of aromatic nitrogens is 2. The van der Waals surface area contributed by atoms with Crippen LogP contribution in [0, 0.1) is 0 Å². The molecule has 0 aliphatic rings. The second-order valence-electron chi connectivity index (χ2n) is 4.23. The van der Waals surface area contributed by atoms with E-state index in [1.54, 1.807) is 12.1 Å². The lowest BCUT2D eigenvalue weighted by atomic mass is 10.3. The van der Waals surface area contributed by atoms with Crippen molar-refractivity contribution in [2.75, 3.05) is 11.5 Å². The first-order valence-corrected chi connectivity index (χ1v) is 8.04. The average molecular weight is 363 g/mol. The first kappa shape index (κ1) is 17.0. The standard InChI is InChI=1S/C12H13Cl2N4O3P/c13-7-1-9(17-11(15)3-7)5-20-22(19)21-6-10-2-8(14)4-12(16)18-10/h1-4,22H,5-6H2,(H2,15,17)(H2,16,18). The lowest BCUT2D eigenvalue weighted by Gasteiger charge is -2.07. The molecule has 0 spiro atoms. The Bertz CT molecular complexity index is 604. The summed E-state index contributed by atoms with van der Waals surface area (Å²) in [6, 6.07) is 6.12. The van der Waals surface area contributed by atoms with Gasteiger partial charge in [-0.2, -0.15) is 0 Å². The number of halogens is 2. The van der Waals surface area contributed by atoms with Gasteiger partial charge in [0, 0.05) is 10.0 Å². The van der Waals surface area contributed by atoms with Crippen LogP contribution in [0.1, 0.15) is 11.4 Å².